The SMILES string of the molecule is O=C(NCC12CC3CC(CC(C3)C1)C2)c1cnc[nH]1. The molecule has 1 aromatic heterocycles. The fourth-order valence-corrected chi connectivity index (χ4v) is 5.25. The minimum Gasteiger partial charge on any atom is -0.350 e. The summed E-state index contributed by atoms with van der Waals surface area (Å²) in [6.07, 6.45) is 11.5. The maximum atomic E-state index is 12.0. The van der Waals surface area contributed by atoms with E-state index in [1.54, 1.807) is 12.5 Å². The minimum absolute atomic E-state index is 0.00625. The number of nitrogens with one attached hydrogen (secondary N) is 2. The van der Waals surface area contributed by atoms with E-state index in [0.29, 0.717) is 11.1 Å². The van der Waals surface area contributed by atoms with Crippen LogP contribution in [0.4, 0.5) is 0 Å². The van der Waals surface area contributed by atoms with Crippen molar-refractivity contribution in [1.29, 1.82) is 0 Å². The molecule has 5 rings (SSSR count). The van der Waals surface area contributed by atoms with Crippen molar-refractivity contribution in [1.82, 2.24) is 15.3 Å². The molecule has 1 aromatic rings. The van der Waals surface area contributed by atoms with E-state index < -0.39 is 0 Å². The summed E-state index contributed by atoms with van der Waals surface area (Å²) in [5, 5.41) is 3.13. The molecule has 4 aliphatic carbocycles. The first-order chi connectivity index (χ1) is 9.22. The summed E-state index contributed by atoms with van der Waals surface area (Å²) in [5.41, 5.74) is 0.981. The summed E-state index contributed by atoms with van der Waals surface area (Å²) >= 11 is 0. The van der Waals surface area contributed by atoms with E-state index in [4.69, 9.17) is 0 Å². The predicted molar refractivity (Wildman–Crippen MR) is 71.5 cm³/mol. The first kappa shape index (κ1) is 11.5. The number of nitrogens with zero attached hydrogens (tertiary/aromatic N) is 1. The van der Waals surface area contributed by atoms with E-state index in [0.717, 1.165) is 24.3 Å². The highest BCUT2D eigenvalue weighted by Gasteiger charge is 2.50. The third kappa shape index (κ3) is 1.97. The average Bonchev–Trinajstić information content (AvgIpc) is 2.88. The topological polar surface area (TPSA) is 57.8 Å². The molecule has 4 heteroatoms. The molecule has 19 heavy (non-hydrogen) atoms. The predicted octanol–water partition coefficient (Wildman–Crippen LogP) is 2.36. The van der Waals surface area contributed by atoms with E-state index in [1.807, 2.05) is 0 Å². The van der Waals surface area contributed by atoms with Gasteiger partial charge in [-0.05, 0) is 61.7 Å². The Labute approximate surface area is 113 Å². The highest BCUT2D eigenvalue weighted by atomic mass is 16.1. The van der Waals surface area contributed by atoms with Crippen LogP contribution in [0.5, 0.6) is 0 Å². The minimum atomic E-state index is -0.00625. The molecule has 4 saturated carbocycles. The molecular weight excluding hydrogens is 238 g/mol. The number of carbonyl (C=O) groups excluding carboxylic acids is 1. The fraction of sp³-hybridized carbons (Fsp3) is 0.733. The number of hydrogen-bond acceptors (Lipinski definition) is 2. The first-order valence-electron chi connectivity index (χ1n) is 7.49. The van der Waals surface area contributed by atoms with E-state index >= 15 is 0 Å². The zero-order valence-electron chi connectivity index (χ0n) is 11.2. The van der Waals surface area contributed by atoms with Gasteiger partial charge in [0.25, 0.3) is 5.91 Å². The van der Waals surface area contributed by atoms with Gasteiger partial charge in [0, 0.05) is 6.54 Å². The van der Waals surface area contributed by atoms with Gasteiger partial charge < -0.3 is 10.3 Å². The van der Waals surface area contributed by atoms with Crippen LogP contribution < -0.4 is 5.32 Å². The Morgan fingerprint density at radius 1 is 1.26 bits per heavy atom. The number of carbonyl (C=O) groups is 1. The normalized spacial score (nSPS) is 39.5. The van der Waals surface area contributed by atoms with Crippen molar-refractivity contribution in [2.75, 3.05) is 6.54 Å². The van der Waals surface area contributed by atoms with Gasteiger partial charge in [0.2, 0.25) is 0 Å². The van der Waals surface area contributed by atoms with Crippen LogP contribution >= 0.6 is 0 Å². The molecule has 0 atom stereocenters. The van der Waals surface area contributed by atoms with E-state index in [1.165, 1.54) is 38.5 Å². The Hall–Kier alpha value is -1.32. The Bertz CT molecular complexity index is 444. The highest BCUT2D eigenvalue weighted by Crippen LogP contribution is 2.59. The molecule has 0 saturated heterocycles. The molecule has 0 unspecified atom stereocenters. The zero-order valence-corrected chi connectivity index (χ0v) is 11.2. The molecule has 0 radical (unpaired) electrons. The first-order valence-corrected chi connectivity index (χ1v) is 7.49. The molecule has 1 heterocycles. The summed E-state index contributed by atoms with van der Waals surface area (Å²) < 4.78 is 0. The molecule has 4 aliphatic rings. The van der Waals surface area contributed by atoms with Crippen LogP contribution in [-0.2, 0) is 0 Å². The van der Waals surface area contributed by atoms with Gasteiger partial charge in [-0.3, -0.25) is 4.79 Å². The van der Waals surface area contributed by atoms with Crippen LogP contribution in [0, 0.1) is 23.2 Å². The van der Waals surface area contributed by atoms with Crippen LogP contribution in [0.25, 0.3) is 0 Å². The summed E-state index contributed by atoms with van der Waals surface area (Å²) in [4.78, 5) is 18.8. The lowest BCUT2D eigenvalue weighted by atomic mass is 9.49. The molecule has 2 N–H and O–H groups in total. The van der Waals surface area contributed by atoms with E-state index in [-0.39, 0.29) is 5.91 Å². The molecule has 4 nitrogen and oxygen atoms in total. The second-order valence-corrected chi connectivity index (χ2v) is 7.07. The van der Waals surface area contributed by atoms with E-state index in [9.17, 15) is 4.79 Å². The number of rotatable bonds is 3. The van der Waals surface area contributed by atoms with Crippen molar-refractivity contribution < 1.29 is 4.79 Å². The van der Waals surface area contributed by atoms with Crippen molar-refractivity contribution >= 4 is 5.91 Å². The summed E-state index contributed by atoms with van der Waals surface area (Å²) in [7, 11) is 0. The van der Waals surface area contributed by atoms with Crippen LogP contribution in [0.15, 0.2) is 12.5 Å². The smallest absolute Gasteiger partial charge is 0.269 e. The van der Waals surface area contributed by atoms with E-state index in [2.05, 4.69) is 15.3 Å². The third-order valence-corrected chi connectivity index (χ3v) is 5.53. The van der Waals surface area contributed by atoms with Crippen molar-refractivity contribution in [3.05, 3.63) is 18.2 Å². The number of amides is 1. The van der Waals surface area contributed by atoms with Gasteiger partial charge in [-0.15, -0.1) is 0 Å². The molecule has 0 spiro atoms. The Morgan fingerprint density at radius 2 is 1.89 bits per heavy atom. The molecule has 102 valence electrons. The summed E-state index contributed by atoms with van der Waals surface area (Å²) in [6, 6.07) is 0. The average molecular weight is 259 g/mol. The lowest BCUT2D eigenvalue weighted by molar-refractivity contribution is -0.0503. The maximum Gasteiger partial charge on any atom is 0.269 e. The molecule has 1 amide bonds. The van der Waals surface area contributed by atoms with Crippen LogP contribution in [0.3, 0.4) is 0 Å². The molecular formula is C15H21N3O. The second kappa shape index (κ2) is 4.09. The van der Waals surface area contributed by atoms with Crippen LogP contribution in [0.1, 0.15) is 49.0 Å². The Balaban J connectivity index is 1.44. The van der Waals surface area contributed by atoms with Gasteiger partial charge in [-0.2, -0.15) is 0 Å². The van der Waals surface area contributed by atoms with Crippen molar-refractivity contribution in [3.63, 3.8) is 0 Å². The fourth-order valence-electron chi connectivity index (χ4n) is 5.25. The Morgan fingerprint density at radius 3 is 2.42 bits per heavy atom. The highest BCUT2D eigenvalue weighted by molar-refractivity contribution is 5.91. The summed E-state index contributed by atoms with van der Waals surface area (Å²) in [6.45, 7) is 0.856. The van der Waals surface area contributed by atoms with Crippen molar-refractivity contribution in [2.24, 2.45) is 23.2 Å². The van der Waals surface area contributed by atoms with Gasteiger partial charge in [-0.1, -0.05) is 0 Å². The summed E-state index contributed by atoms with van der Waals surface area (Å²) in [5.74, 6) is 2.81. The lowest BCUT2D eigenvalue weighted by Crippen LogP contribution is -2.51. The molecule has 4 bridgehead atoms. The van der Waals surface area contributed by atoms with Crippen LogP contribution in [-0.4, -0.2) is 22.4 Å². The van der Waals surface area contributed by atoms with Crippen LogP contribution in [0.2, 0.25) is 0 Å². The number of H-pyrrole nitrogens is 1. The van der Waals surface area contributed by atoms with Gasteiger partial charge in [0.15, 0.2) is 0 Å². The number of imidazole rings is 1. The monoisotopic (exact) mass is 259 g/mol. The van der Waals surface area contributed by atoms with Gasteiger partial charge in [0.05, 0.1) is 12.5 Å². The standard InChI is InChI=1S/C15H21N3O/c19-14(13-7-16-9-18-13)17-8-15-4-10-1-11(5-15)3-12(2-10)6-15/h7,9-12H,1-6,8H2,(H,16,18)(H,17,19). The lowest BCUT2D eigenvalue weighted by Gasteiger charge is -2.56. The Kier molecular flexibility index (Phi) is 2.47. The second-order valence-electron chi connectivity index (χ2n) is 7.07. The van der Waals surface area contributed by atoms with Gasteiger partial charge >= 0.3 is 0 Å². The number of aromatic nitrogens is 2. The van der Waals surface area contributed by atoms with Crippen molar-refractivity contribution in [2.45, 2.75) is 38.5 Å². The third-order valence-electron chi connectivity index (χ3n) is 5.53. The maximum absolute atomic E-state index is 12.0. The zero-order chi connectivity index (χ0) is 12.9. The molecule has 0 aromatic carbocycles. The molecule has 0 aliphatic heterocycles. The quantitative estimate of drug-likeness (QED) is 0.875. The number of aromatic amines is 1. The van der Waals surface area contributed by atoms with Gasteiger partial charge in [0.1, 0.15) is 5.69 Å². The number of hydrogen-bond donors (Lipinski definition) is 2. The molecule has 4 fully saturated rings. The van der Waals surface area contributed by atoms with Crippen molar-refractivity contribution in [3.8, 4) is 0 Å². The largest absolute Gasteiger partial charge is 0.350 e. The van der Waals surface area contributed by atoms with Gasteiger partial charge in [-0.25, -0.2) is 4.98 Å².